The number of aromatic hydroxyl groups is 2. The Morgan fingerprint density at radius 1 is 1.04 bits per heavy atom. The summed E-state index contributed by atoms with van der Waals surface area (Å²) in [5, 5.41) is 21.5. The molecule has 0 bridgehead atoms. The monoisotopic (exact) mass is 353 g/mol. The molecule has 0 unspecified atom stereocenters. The van der Waals surface area contributed by atoms with Gasteiger partial charge in [-0.1, -0.05) is 26.0 Å². The third kappa shape index (κ3) is 5.77. The highest BCUT2D eigenvalue weighted by Gasteiger charge is 2.06. The van der Waals surface area contributed by atoms with E-state index in [1.165, 1.54) is 18.2 Å². The molecule has 0 aromatic heterocycles. The third-order valence-corrected chi connectivity index (χ3v) is 3.83. The van der Waals surface area contributed by atoms with Crippen molar-refractivity contribution in [1.82, 2.24) is 0 Å². The van der Waals surface area contributed by atoms with Crippen molar-refractivity contribution in [1.29, 1.82) is 0 Å². The van der Waals surface area contributed by atoms with Gasteiger partial charge in [-0.05, 0) is 60.4 Å². The van der Waals surface area contributed by atoms with Crippen LogP contribution in [0.15, 0.2) is 48.5 Å². The number of hydrogen-bond donors (Lipinski definition) is 3. The van der Waals surface area contributed by atoms with Gasteiger partial charge in [-0.3, -0.25) is 9.59 Å². The summed E-state index contributed by atoms with van der Waals surface area (Å²) in [6.45, 7) is 4.14. The van der Waals surface area contributed by atoms with Gasteiger partial charge in [0.1, 0.15) is 0 Å². The number of phenolic OH excluding ortho intramolecular Hbond substituents is 2. The minimum absolute atomic E-state index is 0.0372. The van der Waals surface area contributed by atoms with Gasteiger partial charge in [0, 0.05) is 17.7 Å². The Labute approximate surface area is 153 Å². The van der Waals surface area contributed by atoms with Crippen molar-refractivity contribution < 1.29 is 19.8 Å². The Morgan fingerprint density at radius 3 is 2.35 bits per heavy atom. The van der Waals surface area contributed by atoms with Crippen LogP contribution in [0.1, 0.15) is 42.6 Å². The first-order chi connectivity index (χ1) is 12.3. The van der Waals surface area contributed by atoms with Crippen LogP contribution in [-0.2, 0) is 4.79 Å². The summed E-state index contributed by atoms with van der Waals surface area (Å²) in [7, 11) is 0. The molecule has 1 amide bonds. The van der Waals surface area contributed by atoms with Crippen molar-refractivity contribution in [2.75, 3.05) is 5.32 Å². The molecule has 0 aliphatic rings. The number of ketones is 1. The summed E-state index contributed by atoms with van der Waals surface area (Å²) < 4.78 is 0. The van der Waals surface area contributed by atoms with Crippen LogP contribution in [-0.4, -0.2) is 21.9 Å². The Bertz CT molecular complexity index is 807. The molecule has 0 aliphatic carbocycles. The molecule has 0 spiro atoms. The van der Waals surface area contributed by atoms with E-state index in [0.717, 1.165) is 6.42 Å². The van der Waals surface area contributed by atoms with Crippen LogP contribution in [0.4, 0.5) is 5.69 Å². The van der Waals surface area contributed by atoms with Crippen molar-refractivity contribution in [3.63, 3.8) is 0 Å². The molecule has 0 saturated carbocycles. The summed E-state index contributed by atoms with van der Waals surface area (Å²) in [5.74, 6) is -0.209. The topological polar surface area (TPSA) is 86.6 Å². The number of nitrogens with one attached hydrogen (secondary N) is 1. The molecule has 0 radical (unpaired) electrons. The lowest BCUT2D eigenvalue weighted by molar-refractivity contribution is -0.116. The Balaban J connectivity index is 1.96. The molecule has 2 aromatic rings. The summed E-state index contributed by atoms with van der Waals surface area (Å²) in [6, 6.07) is 11.0. The SMILES string of the molecule is CC(C)CCC(=O)Nc1ccc(C(=O)/C=C/c2ccc(O)c(O)c2)cc1. The quantitative estimate of drug-likeness (QED) is 0.392. The molecule has 0 saturated heterocycles. The van der Waals surface area contributed by atoms with Crippen molar-refractivity contribution in [2.45, 2.75) is 26.7 Å². The van der Waals surface area contributed by atoms with Crippen LogP contribution in [0.25, 0.3) is 6.08 Å². The molecule has 2 aromatic carbocycles. The minimum atomic E-state index is -0.239. The molecular formula is C21H23NO4. The van der Waals surface area contributed by atoms with Crippen molar-refractivity contribution in [3.8, 4) is 11.5 Å². The molecule has 0 atom stereocenters. The predicted octanol–water partition coefficient (Wildman–Crippen LogP) is 4.37. The van der Waals surface area contributed by atoms with Gasteiger partial charge < -0.3 is 15.5 Å². The highest BCUT2D eigenvalue weighted by Crippen LogP contribution is 2.25. The minimum Gasteiger partial charge on any atom is -0.504 e. The van der Waals surface area contributed by atoms with Gasteiger partial charge in [0.15, 0.2) is 17.3 Å². The maximum absolute atomic E-state index is 12.2. The number of anilines is 1. The number of amides is 1. The summed E-state index contributed by atoms with van der Waals surface area (Å²) in [4.78, 5) is 24.0. The largest absolute Gasteiger partial charge is 0.504 e. The molecule has 3 N–H and O–H groups in total. The highest BCUT2D eigenvalue weighted by atomic mass is 16.3. The zero-order chi connectivity index (χ0) is 19.1. The first-order valence-electron chi connectivity index (χ1n) is 8.49. The van der Waals surface area contributed by atoms with Gasteiger partial charge in [0.2, 0.25) is 5.91 Å². The molecule has 5 nitrogen and oxygen atoms in total. The maximum Gasteiger partial charge on any atom is 0.224 e. The number of allylic oxidation sites excluding steroid dienone is 1. The van der Waals surface area contributed by atoms with E-state index < -0.39 is 0 Å². The molecular weight excluding hydrogens is 330 g/mol. The molecule has 0 fully saturated rings. The maximum atomic E-state index is 12.2. The van der Waals surface area contributed by atoms with E-state index >= 15 is 0 Å². The molecule has 0 aliphatic heterocycles. The second kappa shape index (κ2) is 8.85. The second-order valence-electron chi connectivity index (χ2n) is 6.50. The van der Waals surface area contributed by atoms with Crippen LogP contribution < -0.4 is 5.32 Å². The molecule has 2 rings (SSSR count). The lowest BCUT2D eigenvalue weighted by atomic mass is 10.1. The van der Waals surface area contributed by atoms with Gasteiger partial charge in [-0.15, -0.1) is 0 Å². The highest BCUT2D eigenvalue weighted by molar-refractivity contribution is 6.07. The van der Waals surface area contributed by atoms with Crippen LogP contribution in [0.3, 0.4) is 0 Å². The van der Waals surface area contributed by atoms with E-state index in [1.807, 2.05) is 0 Å². The van der Waals surface area contributed by atoms with E-state index in [2.05, 4.69) is 19.2 Å². The lowest BCUT2D eigenvalue weighted by Gasteiger charge is -2.07. The van der Waals surface area contributed by atoms with Gasteiger partial charge in [0.25, 0.3) is 0 Å². The zero-order valence-corrected chi connectivity index (χ0v) is 14.9. The second-order valence-corrected chi connectivity index (χ2v) is 6.50. The Kier molecular flexibility index (Phi) is 6.55. The molecule has 5 heteroatoms. The van der Waals surface area contributed by atoms with Crippen LogP contribution in [0, 0.1) is 5.92 Å². The van der Waals surface area contributed by atoms with Gasteiger partial charge in [-0.25, -0.2) is 0 Å². The average Bonchev–Trinajstić information content (AvgIpc) is 2.61. The number of carbonyl (C=O) groups excluding carboxylic acids is 2. The third-order valence-electron chi connectivity index (χ3n) is 3.83. The smallest absolute Gasteiger partial charge is 0.224 e. The number of rotatable bonds is 7. The van der Waals surface area contributed by atoms with E-state index in [9.17, 15) is 19.8 Å². The number of carbonyl (C=O) groups is 2. The lowest BCUT2D eigenvalue weighted by Crippen LogP contribution is -2.12. The molecule has 0 heterocycles. The predicted molar refractivity (Wildman–Crippen MR) is 102 cm³/mol. The Morgan fingerprint density at radius 2 is 1.73 bits per heavy atom. The zero-order valence-electron chi connectivity index (χ0n) is 14.9. The fraction of sp³-hybridized carbons (Fsp3) is 0.238. The normalized spacial score (nSPS) is 11.0. The van der Waals surface area contributed by atoms with E-state index in [1.54, 1.807) is 36.4 Å². The first-order valence-corrected chi connectivity index (χ1v) is 8.49. The van der Waals surface area contributed by atoms with Crippen LogP contribution in [0.5, 0.6) is 11.5 Å². The molecule has 136 valence electrons. The fourth-order valence-corrected chi connectivity index (χ4v) is 2.27. The number of hydrogen-bond acceptors (Lipinski definition) is 4. The van der Waals surface area contributed by atoms with Gasteiger partial charge >= 0.3 is 0 Å². The summed E-state index contributed by atoms with van der Waals surface area (Å²) in [6.07, 6.45) is 4.26. The average molecular weight is 353 g/mol. The fourth-order valence-electron chi connectivity index (χ4n) is 2.27. The summed E-state index contributed by atoms with van der Waals surface area (Å²) in [5.41, 5.74) is 1.75. The van der Waals surface area contributed by atoms with Crippen LogP contribution in [0.2, 0.25) is 0 Å². The summed E-state index contributed by atoms with van der Waals surface area (Å²) >= 11 is 0. The van der Waals surface area contributed by atoms with Crippen molar-refractivity contribution in [2.24, 2.45) is 5.92 Å². The standard InChI is InChI=1S/C21H23NO4/c1-14(2)3-12-21(26)22-17-8-6-16(7-9-17)18(23)10-4-15-5-11-19(24)20(25)13-15/h4-11,13-14,24-25H,3,12H2,1-2H3,(H,22,26)/b10-4+. The van der Waals surface area contributed by atoms with E-state index in [-0.39, 0.29) is 23.2 Å². The first kappa shape index (κ1) is 19.2. The van der Waals surface area contributed by atoms with Gasteiger partial charge in [-0.2, -0.15) is 0 Å². The van der Waals surface area contributed by atoms with E-state index in [0.29, 0.717) is 29.2 Å². The van der Waals surface area contributed by atoms with Gasteiger partial charge in [0.05, 0.1) is 0 Å². The molecule has 26 heavy (non-hydrogen) atoms. The number of benzene rings is 2. The van der Waals surface area contributed by atoms with E-state index in [4.69, 9.17) is 0 Å². The number of phenols is 2. The van der Waals surface area contributed by atoms with Crippen LogP contribution >= 0.6 is 0 Å². The van der Waals surface area contributed by atoms with Crippen molar-refractivity contribution >= 4 is 23.5 Å². The Hall–Kier alpha value is -3.08. The van der Waals surface area contributed by atoms with Crippen molar-refractivity contribution in [3.05, 3.63) is 59.7 Å².